The minimum atomic E-state index is -0.629. The largest absolute Gasteiger partial charge is 0.310 e. The van der Waals surface area contributed by atoms with Gasteiger partial charge in [0.05, 0.1) is 5.41 Å². The quantitative estimate of drug-likeness (QED) is 0.147. The monoisotopic (exact) mass is 1070 g/mol. The summed E-state index contributed by atoms with van der Waals surface area (Å²) in [4.78, 5) is 7.43. The molecule has 2 aliphatic rings. The molecule has 0 radical (unpaired) electrons. The minimum absolute atomic E-state index is 0.0307. The third kappa shape index (κ3) is 8.00. The van der Waals surface area contributed by atoms with Crippen LogP contribution in [0, 0.1) is 0 Å². The first-order valence-corrected chi connectivity index (χ1v) is 29.6. The molecule has 2 nitrogen and oxygen atoms in total. The van der Waals surface area contributed by atoms with Crippen molar-refractivity contribution in [1.82, 2.24) is 0 Å². The lowest BCUT2D eigenvalue weighted by Gasteiger charge is -2.40. The summed E-state index contributed by atoms with van der Waals surface area (Å²) >= 11 is 1.90. The zero-order chi connectivity index (χ0) is 55.5. The third-order valence-electron chi connectivity index (χ3n) is 17.6. The molecular formula is C79H62N2S. The zero-order valence-corrected chi connectivity index (χ0v) is 48.0. The van der Waals surface area contributed by atoms with Gasteiger partial charge in [-0.15, -0.1) is 0 Å². The summed E-state index contributed by atoms with van der Waals surface area (Å²) in [5, 5.41) is 9.91. The summed E-state index contributed by atoms with van der Waals surface area (Å²) in [5.41, 5.74) is 19.1. The van der Waals surface area contributed by atoms with Gasteiger partial charge in [0.25, 0.3) is 0 Å². The second-order valence-electron chi connectivity index (χ2n) is 24.5. The van der Waals surface area contributed by atoms with Crippen molar-refractivity contribution in [3.05, 3.63) is 300 Å². The van der Waals surface area contributed by atoms with Gasteiger partial charge < -0.3 is 9.80 Å². The first-order chi connectivity index (χ1) is 39.9. The maximum Gasteiger partial charge on any atom is 0.0741 e. The molecular weight excluding hydrogens is 1010 g/mol. The van der Waals surface area contributed by atoms with Gasteiger partial charge in [-0.3, -0.25) is 0 Å². The van der Waals surface area contributed by atoms with Crippen LogP contribution in [0.4, 0.5) is 34.1 Å². The van der Waals surface area contributed by atoms with Gasteiger partial charge in [-0.2, -0.15) is 0 Å². The first kappa shape index (κ1) is 49.9. The van der Waals surface area contributed by atoms with Gasteiger partial charge in [0.1, 0.15) is 0 Å². The molecule has 1 aliphatic carbocycles. The van der Waals surface area contributed by atoms with Gasteiger partial charge in [0.2, 0.25) is 0 Å². The Kier molecular flexibility index (Phi) is 11.5. The highest BCUT2D eigenvalue weighted by molar-refractivity contribution is 7.99. The van der Waals surface area contributed by atoms with Gasteiger partial charge in [-0.05, 0) is 201 Å². The van der Waals surface area contributed by atoms with Crippen LogP contribution in [-0.4, -0.2) is 0 Å². The molecule has 0 amide bonds. The molecule has 0 saturated carbocycles. The Hall–Kier alpha value is -9.15. The molecule has 0 unspecified atom stereocenters. The summed E-state index contributed by atoms with van der Waals surface area (Å²) in [7, 11) is 0. The Morgan fingerprint density at radius 3 is 1.28 bits per heavy atom. The number of rotatable bonds is 7. The number of fused-ring (bicyclic) bond motifs is 16. The molecule has 0 N–H and O–H groups in total. The third-order valence-corrected chi connectivity index (χ3v) is 18.7. The van der Waals surface area contributed by atoms with E-state index in [9.17, 15) is 0 Å². The van der Waals surface area contributed by atoms with Crippen LogP contribution in [0.2, 0.25) is 0 Å². The molecule has 0 saturated heterocycles. The van der Waals surface area contributed by atoms with E-state index >= 15 is 0 Å². The normalized spacial score (nSPS) is 13.3. The maximum absolute atomic E-state index is 2.54. The van der Waals surface area contributed by atoms with Crippen LogP contribution in [0.5, 0.6) is 0 Å². The standard InChI is InChI=1S/C79H62N2S/c1-77(2,3)57-32-40-60(41-33-57)80(62-38-29-51-17-7-9-19-54(51)47-62)59-36-27-53(28-37-59)56-31-45-68-72(49-56)79(70-23-13-15-25-73(70)82-74-26-16-14-24-71(74)79)76-67-46-44-64(50-69(67)65-21-11-12-22-66(65)75(68)76)81(61-42-34-58(35-43-61)78(4,5)6)63-39-30-52-18-8-10-20-55(52)48-63/h7-50H,1-6H3. The predicted octanol–water partition coefficient (Wildman–Crippen LogP) is 22.3. The van der Waals surface area contributed by atoms with Crippen molar-refractivity contribution in [3.8, 4) is 22.3 Å². The van der Waals surface area contributed by atoms with E-state index in [1.807, 2.05) is 11.8 Å². The molecule has 0 bridgehead atoms. The summed E-state index contributed by atoms with van der Waals surface area (Å²) in [6.45, 7) is 13.7. The van der Waals surface area contributed by atoms with E-state index in [4.69, 9.17) is 0 Å². The van der Waals surface area contributed by atoms with Gasteiger partial charge in [-0.25, -0.2) is 0 Å². The number of hydrogen-bond acceptors (Lipinski definition) is 3. The molecule has 82 heavy (non-hydrogen) atoms. The van der Waals surface area contributed by atoms with Crippen molar-refractivity contribution in [2.75, 3.05) is 9.80 Å². The predicted molar refractivity (Wildman–Crippen MR) is 350 cm³/mol. The van der Waals surface area contributed by atoms with Crippen molar-refractivity contribution >= 4 is 89.0 Å². The van der Waals surface area contributed by atoms with E-state index in [0.717, 1.165) is 34.1 Å². The van der Waals surface area contributed by atoms with Crippen molar-refractivity contribution in [2.45, 2.75) is 67.6 Å². The Morgan fingerprint density at radius 1 is 0.305 bits per heavy atom. The molecule has 13 aromatic rings. The summed E-state index contributed by atoms with van der Waals surface area (Å²) in [5.74, 6) is 0. The molecule has 1 aliphatic heterocycles. The second-order valence-corrected chi connectivity index (χ2v) is 25.6. The SMILES string of the molecule is CC(C)(C)c1ccc(N(c2ccc(-c3ccc4c(c3)C3(c5ccccc5Sc5ccccc53)c3c-4c4ccccc4c4cc(N(c5ccc(C(C)(C)C)cc5)c5ccc6ccccc6c5)ccc34)cc2)c2ccc3ccccc3c2)cc1. The highest BCUT2D eigenvalue weighted by Gasteiger charge is 2.52. The fourth-order valence-electron chi connectivity index (χ4n) is 13.5. The van der Waals surface area contributed by atoms with Crippen LogP contribution in [0.15, 0.2) is 277 Å². The van der Waals surface area contributed by atoms with Crippen LogP contribution in [0.3, 0.4) is 0 Å². The van der Waals surface area contributed by atoms with Crippen molar-refractivity contribution in [1.29, 1.82) is 0 Å². The average molecular weight is 1070 g/mol. The molecule has 0 aromatic heterocycles. The molecule has 394 valence electrons. The van der Waals surface area contributed by atoms with E-state index < -0.39 is 5.41 Å². The smallest absolute Gasteiger partial charge is 0.0741 e. The van der Waals surface area contributed by atoms with E-state index in [-0.39, 0.29) is 10.8 Å². The fraction of sp³-hybridized carbons (Fsp3) is 0.114. The Bertz CT molecular complexity index is 4630. The minimum Gasteiger partial charge on any atom is -0.310 e. The first-order valence-electron chi connectivity index (χ1n) is 28.8. The van der Waals surface area contributed by atoms with Gasteiger partial charge in [0.15, 0.2) is 0 Å². The van der Waals surface area contributed by atoms with Crippen molar-refractivity contribution in [2.24, 2.45) is 0 Å². The lowest BCUT2D eigenvalue weighted by atomic mass is 9.66. The Morgan fingerprint density at radius 2 is 0.732 bits per heavy atom. The van der Waals surface area contributed by atoms with Crippen LogP contribution in [0.25, 0.3) is 65.3 Å². The number of anilines is 6. The molecule has 1 heterocycles. The van der Waals surface area contributed by atoms with Gasteiger partial charge in [-0.1, -0.05) is 229 Å². The number of nitrogens with zero attached hydrogens (tertiary/aromatic N) is 2. The second kappa shape index (κ2) is 19.0. The van der Waals surface area contributed by atoms with E-state index in [0.29, 0.717) is 0 Å². The van der Waals surface area contributed by atoms with E-state index in [1.54, 1.807) is 0 Å². The molecule has 15 rings (SSSR count). The van der Waals surface area contributed by atoms with E-state index in [2.05, 4.69) is 318 Å². The molecule has 0 atom stereocenters. The average Bonchev–Trinajstić information content (AvgIpc) is 1.66. The fourth-order valence-corrected chi connectivity index (χ4v) is 14.7. The van der Waals surface area contributed by atoms with Crippen molar-refractivity contribution in [3.63, 3.8) is 0 Å². The highest BCUT2D eigenvalue weighted by atomic mass is 32.2. The zero-order valence-electron chi connectivity index (χ0n) is 47.2. The summed E-state index contributed by atoms with van der Waals surface area (Å²) in [6, 6.07) is 101. The lowest BCUT2D eigenvalue weighted by molar-refractivity contribution is 0.590. The highest BCUT2D eigenvalue weighted by Crippen LogP contribution is 2.65. The molecule has 1 spiro atoms. The molecule has 3 heteroatoms. The summed E-state index contributed by atoms with van der Waals surface area (Å²) < 4.78 is 0. The van der Waals surface area contributed by atoms with Crippen LogP contribution in [-0.2, 0) is 16.2 Å². The van der Waals surface area contributed by atoms with Crippen LogP contribution < -0.4 is 9.80 Å². The van der Waals surface area contributed by atoms with E-state index in [1.165, 1.54) is 109 Å². The van der Waals surface area contributed by atoms with Gasteiger partial charge >= 0.3 is 0 Å². The number of benzene rings is 13. The van der Waals surface area contributed by atoms with Gasteiger partial charge in [0, 0.05) is 43.9 Å². The Balaban J connectivity index is 0.931. The van der Waals surface area contributed by atoms with Crippen LogP contribution >= 0.6 is 11.8 Å². The molecule has 13 aromatic carbocycles. The van der Waals surface area contributed by atoms with Crippen molar-refractivity contribution < 1.29 is 0 Å². The molecule has 0 fully saturated rings. The maximum atomic E-state index is 2.54. The lowest BCUT2D eigenvalue weighted by Crippen LogP contribution is -2.32. The van der Waals surface area contributed by atoms with Crippen LogP contribution in [0.1, 0.15) is 74.9 Å². The topological polar surface area (TPSA) is 6.48 Å². The Labute approximate surface area is 486 Å². The number of hydrogen-bond donors (Lipinski definition) is 0. The summed E-state index contributed by atoms with van der Waals surface area (Å²) in [6.07, 6.45) is 0.